The molecule has 0 bridgehead atoms. The van der Waals surface area contributed by atoms with E-state index in [0.29, 0.717) is 0 Å². The van der Waals surface area contributed by atoms with Crippen molar-refractivity contribution in [2.24, 2.45) is 0 Å². The second-order valence-corrected chi connectivity index (χ2v) is 5.87. The first-order valence-corrected chi connectivity index (χ1v) is 7.78. The molecule has 0 aliphatic carbocycles. The number of rotatable bonds is 3. The molecule has 6 nitrogen and oxygen atoms in total. The molecule has 0 spiro atoms. The molecule has 0 N–H and O–H groups in total. The van der Waals surface area contributed by atoms with Gasteiger partial charge in [-0.2, -0.15) is 0 Å². The van der Waals surface area contributed by atoms with Gasteiger partial charge < -0.3 is 9.09 Å². The Kier molecular flexibility index (Phi) is 3.37. The van der Waals surface area contributed by atoms with Crippen molar-refractivity contribution in [3.05, 3.63) is 59.6 Å². The van der Waals surface area contributed by atoms with Crippen LogP contribution in [0.15, 0.2) is 41.3 Å². The average Bonchev–Trinajstić information content (AvgIpc) is 3.08. The van der Waals surface area contributed by atoms with Crippen LogP contribution in [0.5, 0.6) is 0 Å². The van der Waals surface area contributed by atoms with Gasteiger partial charge in [-0.3, -0.25) is 4.98 Å². The number of fused-ring (bicyclic) bond motifs is 1. The van der Waals surface area contributed by atoms with Crippen LogP contribution in [0.4, 0.5) is 0 Å². The molecule has 6 heteroatoms. The second kappa shape index (κ2) is 5.56. The van der Waals surface area contributed by atoms with Crippen molar-refractivity contribution < 1.29 is 4.52 Å². The maximum atomic E-state index is 5.29. The number of nitrogens with zero attached hydrogens (tertiary/aromatic N) is 5. The zero-order valence-electron chi connectivity index (χ0n) is 13.8. The fourth-order valence-corrected chi connectivity index (χ4v) is 3.02. The van der Waals surface area contributed by atoms with Gasteiger partial charge in [-0.15, -0.1) is 0 Å². The van der Waals surface area contributed by atoms with Crippen molar-refractivity contribution in [2.45, 2.75) is 27.3 Å². The summed E-state index contributed by atoms with van der Waals surface area (Å²) in [5, 5.41) is 4.04. The van der Waals surface area contributed by atoms with Crippen LogP contribution in [-0.2, 0) is 6.54 Å². The number of hydrogen-bond acceptors (Lipinski definition) is 5. The summed E-state index contributed by atoms with van der Waals surface area (Å²) in [5.41, 5.74) is 5.79. The largest absolute Gasteiger partial charge is 0.361 e. The smallest absolute Gasteiger partial charge is 0.177 e. The highest BCUT2D eigenvalue weighted by Gasteiger charge is 2.15. The summed E-state index contributed by atoms with van der Waals surface area (Å²) in [6.45, 7) is 6.59. The molecule has 120 valence electrons. The van der Waals surface area contributed by atoms with E-state index in [1.807, 2.05) is 39.1 Å². The lowest BCUT2D eigenvalue weighted by molar-refractivity contribution is 0.393. The minimum atomic E-state index is 0.734. The van der Waals surface area contributed by atoms with Crippen LogP contribution in [0.25, 0.3) is 22.3 Å². The normalized spacial score (nSPS) is 11.3. The molecule has 0 aliphatic rings. The SMILES string of the molecule is Cc1noc(C)c1-c1cnc2nc(C)n(Cc3ccncc3)c2c1. The first kappa shape index (κ1) is 14.6. The molecule has 4 aromatic rings. The number of hydrogen-bond donors (Lipinski definition) is 0. The number of aromatic nitrogens is 5. The summed E-state index contributed by atoms with van der Waals surface area (Å²) in [6, 6.07) is 6.13. The van der Waals surface area contributed by atoms with Gasteiger partial charge in [-0.25, -0.2) is 9.97 Å². The minimum absolute atomic E-state index is 0.734. The zero-order valence-corrected chi connectivity index (χ0v) is 13.8. The molecule has 0 atom stereocenters. The molecule has 0 fully saturated rings. The van der Waals surface area contributed by atoms with E-state index in [1.54, 1.807) is 12.4 Å². The van der Waals surface area contributed by atoms with Crippen molar-refractivity contribution in [3.63, 3.8) is 0 Å². The van der Waals surface area contributed by atoms with Crippen molar-refractivity contribution in [3.8, 4) is 11.1 Å². The summed E-state index contributed by atoms with van der Waals surface area (Å²) in [7, 11) is 0. The second-order valence-electron chi connectivity index (χ2n) is 5.87. The van der Waals surface area contributed by atoms with Gasteiger partial charge >= 0.3 is 0 Å². The van der Waals surface area contributed by atoms with Crippen LogP contribution in [0.1, 0.15) is 22.8 Å². The molecule has 0 saturated carbocycles. The van der Waals surface area contributed by atoms with Gasteiger partial charge in [0.2, 0.25) is 0 Å². The van der Waals surface area contributed by atoms with Crippen LogP contribution in [0, 0.1) is 20.8 Å². The van der Waals surface area contributed by atoms with E-state index < -0.39 is 0 Å². The minimum Gasteiger partial charge on any atom is -0.361 e. The summed E-state index contributed by atoms with van der Waals surface area (Å²) < 4.78 is 7.45. The Morgan fingerprint density at radius 1 is 1.12 bits per heavy atom. The quantitative estimate of drug-likeness (QED) is 0.578. The Balaban J connectivity index is 1.85. The molecule has 24 heavy (non-hydrogen) atoms. The van der Waals surface area contributed by atoms with E-state index in [1.165, 1.54) is 5.56 Å². The molecule has 4 rings (SSSR count). The Morgan fingerprint density at radius 3 is 2.62 bits per heavy atom. The first-order chi connectivity index (χ1) is 11.6. The third kappa shape index (κ3) is 2.36. The maximum Gasteiger partial charge on any atom is 0.177 e. The Hall–Kier alpha value is -3.02. The maximum absolute atomic E-state index is 5.29. The molecule has 0 saturated heterocycles. The molecule has 0 aliphatic heterocycles. The molecule has 0 unspecified atom stereocenters. The molecule has 0 aromatic carbocycles. The van der Waals surface area contributed by atoms with Crippen LogP contribution in [-0.4, -0.2) is 24.7 Å². The zero-order chi connectivity index (χ0) is 16.7. The number of imidazole rings is 1. The van der Waals surface area contributed by atoms with E-state index in [0.717, 1.165) is 46.1 Å². The lowest BCUT2D eigenvalue weighted by Crippen LogP contribution is -2.02. The molecule has 4 heterocycles. The van der Waals surface area contributed by atoms with E-state index in [9.17, 15) is 0 Å². The van der Waals surface area contributed by atoms with Crippen LogP contribution in [0.2, 0.25) is 0 Å². The third-order valence-electron chi connectivity index (χ3n) is 4.21. The van der Waals surface area contributed by atoms with Crippen LogP contribution < -0.4 is 0 Å². The highest BCUT2D eigenvalue weighted by molar-refractivity contribution is 5.80. The number of pyridine rings is 2. The van der Waals surface area contributed by atoms with E-state index in [4.69, 9.17) is 4.52 Å². The predicted molar refractivity (Wildman–Crippen MR) is 90.6 cm³/mol. The average molecular weight is 319 g/mol. The third-order valence-corrected chi connectivity index (χ3v) is 4.21. The summed E-state index contributed by atoms with van der Waals surface area (Å²) in [5.74, 6) is 1.73. The fraction of sp³-hybridized carbons (Fsp3) is 0.222. The highest BCUT2D eigenvalue weighted by atomic mass is 16.5. The Labute approximate surface area is 139 Å². The van der Waals surface area contributed by atoms with Gasteiger partial charge in [0.15, 0.2) is 5.65 Å². The van der Waals surface area contributed by atoms with Crippen molar-refractivity contribution in [1.29, 1.82) is 0 Å². The lowest BCUT2D eigenvalue weighted by Gasteiger charge is -2.07. The molecule has 0 amide bonds. The van der Waals surface area contributed by atoms with Crippen LogP contribution in [0.3, 0.4) is 0 Å². The van der Waals surface area contributed by atoms with Gasteiger partial charge in [0, 0.05) is 36.3 Å². The van der Waals surface area contributed by atoms with Gasteiger partial charge in [0.1, 0.15) is 11.6 Å². The van der Waals surface area contributed by atoms with Gasteiger partial charge in [-0.1, -0.05) is 5.16 Å². The monoisotopic (exact) mass is 319 g/mol. The molecule has 0 radical (unpaired) electrons. The van der Waals surface area contributed by atoms with Gasteiger partial charge in [0.05, 0.1) is 11.2 Å². The standard InChI is InChI=1S/C18H17N5O/c1-11-17(12(2)24-22-11)15-8-16-18(20-9-15)21-13(3)23(16)10-14-4-6-19-7-5-14/h4-9H,10H2,1-3H3. The van der Waals surface area contributed by atoms with Crippen molar-refractivity contribution in [2.75, 3.05) is 0 Å². The summed E-state index contributed by atoms with van der Waals surface area (Å²) >= 11 is 0. The molecule has 4 aromatic heterocycles. The van der Waals surface area contributed by atoms with E-state index >= 15 is 0 Å². The van der Waals surface area contributed by atoms with Crippen LogP contribution >= 0.6 is 0 Å². The van der Waals surface area contributed by atoms with Crippen molar-refractivity contribution >= 4 is 11.2 Å². The van der Waals surface area contributed by atoms with Gasteiger partial charge in [0.25, 0.3) is 0 Å². The summed E-state index contributed by atoms with van der Waals surface area (Å²) in [4.78, 5) is 13.2. The topological polar surface area (TPSA) is 69.6 Å². The predicted octanol–water partition coefficient (Wildman–Crippen LogP) is 3.45. The highest BCUT2D eigenvalue weighted by Crippen LogP contribution is 2.29. The lowest BCUT2D eigenvalue weighted by atomic mass is 10.1. The van der Waals surface area contributed by atoms with E-state index in [-0.39, 0.29) is 0 Å². The molecular weight excluding hydrogens is 302 g/mol. The fourth-order valence-electron chi connectivity index (χ4n) is 3.02. The summed E-state index contributed by atoms with van der Waals surface area (Å²) in [6.07, 6.45) is 5.44. The Morgan fingerprint density at radius 2 is 1.92 bits per heavy atom. The van der Waals surface area contributed by atoms with Gasteiger partial charge in [-0.05, 0) is 44.5 Å². The van der Waals surface area contributed by atoms with E-state index in [2.05, 4.69) is 30.7 Å². The Bertz CT molecular complexity index is 997. The number of aryl methyl sites for hydroxylation is 3. The first-order valence-electron chi connectivity index (χ1n) is 7.78. The molecular formula is C18H17N5O. The van der Waals surface area contributed by atoms with Crippen molar-refractivity contribution in [1.82, 2.24) is 24.7 Å².